The summed E-state index contributed by atoms with van der Waals surface area (Å²) in [5, 5.41) is 11.7. The topological polar surface area (TPSA) is 105 Å². The molecule has 2 N–H and O–H groups in total. The van der Waals surface area contributed by atoms with E-state index in [-0.39, 0.29) is 23.5 Å². The van der Waals surface area contributed by atoms with E-state index in [4.69, 9.17) is 9.47 Å². The number of carboxylic acids is 1. The lowest BCUT2D eigenvalue weighted by atomic mass is 10.3. The summed E-state index contributed by atoms with van der Waals surface area (Å²) >= 11 is 2.68. The van der Waals surface area contributed by atoms with E-state index in [2.05, 4.69) is 5.32 Å². The van der Waals surface area contributed by atoms with Crippen molar-refractivity contribution in [3.05, 3.63) is 24.3 Å². The third kappa shape index (κ3) is 6.46. The number of methoxy groups -OCH3 is 1. The van der Waals surface area contributed by atoms with E-state index in [9.17, 15) is 19.5 Å². The summed E-state index contributed by atoms with van der Waals surface area (Å²) in [4.78, 5) is 35.7. The molecule has 1 aromatic carbocycles. The monoisotopic (exact) mass is 442 g/mol. The minimum atomic E-state index is -1.46. The summed E-state index contributed by atoms with van der Waals surface area (Å²) in [5.74, 6) is 0.712. The Hall–Kier alpha value is -2.07. The highest BCUT2D eigenvalue weighted by molar-refractivity contribution is 8.01. The molecule has 1 fully saturated rings. The lowest BCUT2D eigenvalue weighted by Crippen LogP contribution is -2.49. The second kappa shape index (κ2) is 10.6. The predicted octanol–water partition coefficient (Wildman–Crippen LogP) is 2.04. The van der Waals surface area contributed by atoms with Gasteiger partial charge < -0.3 is 24.8 Å². The van der Waals surface area contributed by atoms with Gasteiger partial charge in [-0.15, -0.1) is 23.5 Å². The quantitative estimate of drug-likeness (QED) is 0.531. The van der Waals surface area contributed by atoms with Gasteiger partial charge in [-0.2, -0.15) is 0 Å². The number of hydrogen-bond donors (Lipinski definition) is 2. The zero-order chi connectivity index (χ0) is 21.4. The standard InChI is InChI=1S/C19H26N2O6S2/c1-13(22)20-19(2,18(24)25)29-10-8-16(23)21-9-11-28-17(21)12-27-15-7-5-4-6-14(15)26-3/h4-7,17H,8-12H2,1-3H3,(H,20,22)(H,24,25). The van der Waals surface area contributed by atoms with Crippen LogP contribution in [0.2, 0.25) is 0 Å². The number of para-hydroxylation sites is 2. The second-order valence-corrected chi connectivity index (χ2v) is 9.29. The molecule has 1 aromatic rings. The number of rotatable bonds is 10. The molecule has 29 heavy (non-hydrogen) atoms. The summed E-state index contributed by atoms with van der Waals surface area (Å²) in [6.45, 7) is 3.64. The van der Waals surface area contributed by atoms with Crippen molar-refractivity contribution in [1.29, 1.82) is 0 Å². The van der Waals surface area contributed by atoms with Gasteiger partial charge in [-0.25, -0.2) is 4.79 Å². The first-order valence-corrected chi connectivity index (χ1v) is 11.1. The van der Waals surface area contributed by atoms with Gasteiger partial charge in [-0.1, -0.05) is 12.1 Å². The Kier molecular flexibility index (Phi) is 8.51. The molecule has 2 rings (SSSR count). The smallest absolute Gasteiger partial charge is 0.339 e. The summed E-state index contributed by atoms with van der Waals surface area (Å²) in [6, 6.07) is 7.34. The SMILES string of the molecule is COc1ccccc1OCC1SCCN1C(=O)CCSC(C)(NC(C)=O)C(=O)O. The fraction of sp³-hybridized carbons (Fsp3) is 0.526. The maximum atomic E-state index is 12.7. The third-order valence-corrected chi connectivity index (χ3v) is 6.75. The molecule has 1 saturated heterocycles. The minimum Gasteiger partial charge on any atom is -0.493 e. The average molecular weight is 443 g/mol. The maximum absolute atomic E-state index is 12.7. The number of carbonyl (C=O) groups excluding carboxylic acids is 2. The third-order valence-electron chi connectivity index (χ3n) is 4.29. The molecule has 160 valence electrons. The van der Waals surface area contributed by atoms with E-state index in [0.717, 1.165) is 17.5 Å². The molecule has 1 heterocycles. The van der Waals surface area contributed by atoms with Crippen LogP contribution in [-0.4, -0.2) is 69.8 Å². The molecule has 1 aliphatic heterocycles. The Labute approximate surface area is 178 Å². The van der Waals surface area contributed by atoms with Crippen molar-refractivity contribution in [2.45, 2.75) is 30.5 Å². The highest BCUT2D eigenvalue weighted by atomic mass is 32.2. The molecule has 2 amide bonds. The molecular formula is C19H26N2O6S2. The van der Waals surface area contributed by atoms with Crippen molar-refractivity contribution in [3.63, 3.8) is 0 Å². The Morgan fingerprint density at radius 2 is 2.03 bits per heavy atom. The van der Waals surface area contributed by atoms with Crippen molar-refractivity contribution < 1.29 is 29.0 Å². The molecule has 10 heteroatoms. The van der Waals surface area contributed by atoms with Gasteiger partial charge in [0.2, 0.25) is 11.8 Å². The number of hydrogen-bond acceptors (Lipinski definition) is 7. The van der Waals surface area contributed by atoms with Gasteiger partial charge in [0.1, 0.15) is 12.0 Å². The van der Waals surface area contributed by atoms with Gasteiger partial charge in [0.15, 0.2) is 16.4 Å². The molecule has 0 spiro atoms. The van der Waals surface area contributed by atoms with Gasteiger partial charge in [-0.05, 0) is 19.1 Å². The average Bonchev–Trinajstić information content (AvgIpc) is 3.14. The number of ether oxygens (including phenoxy) is 2. The van der Waals surface area contributed by atoms with Gasteiger partial charge in [0, 0.05) is 31.4 Å². The van der Waals surface area contributed by atoms with Gasteiger partial charge in [0.25, 0.3) is 0 Å². The van der Waals surface area contributed by atoms with Crippen LogP contribution in [0.15, 0.2) is 24.3 Å². The van der Waals surface area contributed by atoms with E-state index < -0.39 is 16.7 Å². The number of carboxylic acid groups (broad SMARTS) is 1. The van der Waals surface area contributed by atoms with Crippen LogP contribution >= 0.6 is 23.5 Å². The van der Waals surface area contributed by atoms with Crippen LogP contribution in [0, 0.1) is 0 Å². The predicted molar refractivity (Wildman–Crippen MR) is 113 cm³/mol. The lowest BCUT2D eigenvalue weighted by molar-refractivity contribution is -0.142. The summed E-state index contributed by atoms with van der Waals surface area (Å²) in [7, 11) is 1.58. The fourth-order valence-corrected chi connectivity index (χ4v) is 4.98. The van der Waals surface area contributed by atoms with Crippen molar-refractivity contribution >= 4 is 41.3 Å². The molecular weight excluding hydrogens is 416 g/mol. The number of thioether (sulfide) groups is 2. The molecule has 0 radical (unpaired) electrons. The molecule has 2 atom stereocenters. The Balaban J connectivity index is 1.87. The Morgan fingerprint density at radius 3 is 2.66 bits per heavy atom. The Bertz CT molecular complexity index is 747. The summed E-state index contributed by atoms with van der Waals surface area (Å²) in [6.07, 6.45) is 0.179. The number of benzene rings is 1. The molecule has 8 nitrogen and oxygen atoms in total. The highest BCUT2D eigenvalue weighted by Gasteiger charge is 2.35. The van der Waals surface area contributed by atoms with Crippen LogP contribution in [0.3, 0.4) is 0 Å². The van der Waals surface area contributed by atoms with Gasteiger partial charge in [-0.3, -0.25) is 9.59 Å². The van der Waals surface area contributed by atoms with Crippen molar-refractivity contribution in [2.75, 3.05) is 31.8 Å². The van der Waals surface area contributed by atoms with E-state index >= 15 is 0 Å². The first kappa shape index (κ1) is 23.2. The number of nitrogens with one attached hydrogen (secondary N) is 1. The van der Waals surface area contributed by atoms with Crippen molar-refractivity contribution in [2.24, 2.45) is 0 Å². The van der Waals surface area contributed by atoms with Gasteiger partial charge in [0.05, 0.1) is 7.11 Å². The van der Waals surface area contributed by atoms with Crippen LogP contribution in [0.5, 0.6) is 11.5 Å². The van der Waals surface area contributed by atoms with E-state index in [1.165, 1.54) is 13.8 Å². The van der Waals surface area contributed by atoms with E-state index in [0.29, 0.717) is 24.7 Å². The minimum absolute atomic E-state index is 0.0632. The maximum Gasteiger partial charge on any atom is 0.339 e. The molecule has 0 bridgehead atoms. The van der Waals surface area contributed by atoms with E-state index in [1.807, 2.05) is 24.3 Å². The van der Waals surface area contributed by atoms with Crippen LogP contribution in [0.25, 0.3) is 0 Å². The molecule has 0 saturated carbocycles. The molecule has 2 unspecified atom stereocenters. The van der Waals surface area contributed by atoms with Crippen molar-refractivity contribution in [1.82, 2.24) is 10.2 Å². The fourth-order valence-electron chi connectivity index (χ4n) is 2.82. The molecule has 0 aromatic heterocycles. The zero-order valence-corrected chi connectivity index (χ0v) is 18.3. The molecule has 0 aliphatic carbocycles. The lowest BCUT2D eigenvalue weighted by Gasteiger charge is -2.26. The van der Waals surface area contributed by atoms with Crippen LogP contribution < -0.4 is 14.8 Å². The van der Waals surface area contributed by atoms with Crippen molar-refractivity contribution in [3.8, 4) is 11.5 Å². The van der Waals surface area contributed by atoms with Crippen LogP contribution in [0.4, 0.5) is 0 Å². The largest absolute Gasteiger partial charge is 0.493 e. The zero-order valence-electron chi connectivity index (χ0n) is 16.7. The van der Waals surface area contributed by atoms with Crippen LogP contribution in [0.1, 0.15) is 20.3 Å². The van der Waals surface area contributed by atoms with Gasteiger partial charge >= 0.3 is 5.97 Å². The number of amides is 2. The number of carbonyl (C=O) groups is 3. The Morgan fingerprint density at radius 1 is 1.34 bits per heavy atom. The molecule has 1 aliphatic rings. The summed E-state index contributed by atoms with van der Waals surface area (Å²) in [5.41, 5.74) is 0. The first-order valence-electron chi connectivity index (χ1n) is 9.10. The normalized spacial score (nSPS) is 18.0. The number of aliphatic carboxylic acids is 1. The van der Waals surface area contributed by atoms with E-state index in [1.54, 1.807) is 23.8 Å². The summed E-state index contributed by atoms with van der Waals surface area (Å²) < 4.78 is 11.1. The highest BCUT2D eigenvalue weighted by Crippen LogP contribution is 2.30. The van der Waals surface area contributed by atoms with Crippen LogP contribution in [-0.2, 0) is 14.4 Å². The number of nitrogens with zero attached hydrogens (tertiary/aromatic N) is 1. The second-order valence-electron chi connectivity index (χ2n) is 6.49. The first-order chi connectivity index (χ1) is 13.8.